The first kappa shape index (κ1) is 13.3. The van der Waals surface area contributed by atoms with Crippen LogP contribution in [0, 0.1) is 6.92 Å². The standard InChI is InChI=1S/C13H16N2O2S/c1-10-14-12-5-3-2-4-11(12)13(15-10)18-9-8-17-7-6-16/h2-5,16H,6-9H2,1H3. The van der Waals surface area contributed by atoms with Crippen LogP contribution in [0.3, 0.4) is 0 Å². The quantitative estimate of drug-likeness (QED) is 0.491. The molecule has 0 aliphatic carbocycles. The second-order valence-electron chi connectivity index (χ2n) is 3.78. The molecule has 0 bridgehead atoms. The van der Waals surface area contributed by atoms with Gasteiger partial charge in [0.2, 0.25) is 0 Å². The van der Waals surface area contributed by atoms with Crippen LogP contribution < -0.4 is 0 Å². The third-order valence-corrected chi connectivity index (χ3v) is 3.34. The van der Waals surface area contributed by atoms with Crippen LogP contribution in [0.5, 0.6) is 0 Å². The predicted molar refractivity (Wildman–Crippen MR) is 72.9 cm³/mol. The summed E-state index contributed by atoms with van der Waals surface area (Å²) in [5.41, 5.74) is 0.976. The van der Waals surface area contributed by atoms with E-state index in [0.717, 1.165) is 27.5 Å². The van der Waals surface area contributed by atoms with Crippen molar-refractivity contribution in [2.45, 2.75) is 11.9 Å². The molecule has 0 aliphatic rings. The van der Waals surface area contributed by atoms with Crippen LogP contribution in [0.15, 0.2) is 29.3 Å². The Kier molecular flexibility index (Phi) is 4.92. The van der Waals surface area contributed by atoms with E-state index in [9.17, 15) is 0 Å². The summed E-state index contributed by atoms with van der Waals surface area (Å²) in [4.78, 5) is 8.87. The Hall–Kier alpha value is -1.17. The molecule has 1 aromatic heterocycles. The highest BCUT2D eigenvalue weighted by atomic mass is 32.2. The molecule has 0 aliphatic heterocycles. The van der Waals surface area contributed by atoms with E-state index in [0.29, 0.717) is 13.2 Å². The molecule has 96 valence electrons. The van der Waals surface area contributed by atoms with Gasteiger partial charge in [-0.25, -0.2) is 9.97 Å². The second-order valence-corrected chi connectivity index (χ2v) is 4.86. The van der Waals surface area contributed by atoms with E-state index in [-0.39, 0.29) is 6.61 Å². The Morgan fingerprint density at radius 1 is 1.22 bits per heavy atom. The van der Waals surface area contributed by atoms with Crippen molar-refractivity contribution < 1.29 is 9.84 Å². The molecule has 1 heterocycles. The molecule has 4 nitrogen and oxygen atoms in total. The number of hydrogen-bond acceptors (Lipinski definition) is 5. The summed E-state index contributed by atoms with van der Waals surface area (Å²) in [7, 11) is 0. The second kappa shape index (κ2) is 6.68. The lowest BCUT2D eigenvalue weighted by atomic mass is 10.2. The van der Waals surface area contributed by atoms with Crippen LogP contribution in [-0.2, 0) is 4.74 Å². The van der Waals surface area contributed by atoms with Crippen molar-refractivity contribution in [3.05, 3.63) is 30.1 Å². The molecule has 2 rings (SSSR count). The SMILES string of the molecule is Cc1nc(SCCOCCO)c2ccccc2n1. The van der Waals surface area contributed by atoms with E-state index < -0.39 is 0 Å². The summed E-state index contributed by atoms with van der Waals surface area (Å²) in [5.74, 6) is 1.60. The number of benzene rings is 1. The average molecular weight is 264 g/mol. The molecule has 0 atom stereocenters. The zero-order valence-corrected chi connectivity index (χ0v) is 11.1. The lowest BCUT2D eigenvalue weighted by Crippen LogP contribution is -2.03. The van der Waals surface area contributed by atoms with Crippen molar-refractivity contribution in [2.75, 3.05) is 25.6 Å². The van der Waals surface area contributed by atoms with E-state index in [1.807, 2.05) is 31.2 Å². The van der Waals surface area contributed by atoms with Crippen molar-refractivity contribution in [1.29, 1.82) is 0 Å². The van der Waals surface area contributed by atoms with Crippen molar-refractivity contribution in [2.24, 2.45) is 0 Å². The molecular formula is C13H16N2O2S. The highest BCUT2D eigenvalue weighted by Gasteiger charge is 2.05. The largest absolute Gasteiger partial charge is 0.394 e. The molecule has 18 heavy (non-hydrogen) atoms. The van der Waals surface area contributed by atoms with Crippen LogP contribution in [0.2, 0.25) is 0 Å². The van der Waals surface area contributed by atoms with E-state index in [2.05, 4.69) is 9.97 Å². The topological polar surface area (TPSA) is 55.2 Å². The number of rotatable bonds is 6. The van der Waals surface area contributed by atoms with Gasteiger partial charge in [-0.1, -0.05) is 18.2 Å². The number of aliphatic hydroxyl groups is 1. The fraction of sp³-hybridized carbons (Fsp3) is 0.385. The highest BCUT2D eigenvalue weighted by Crippen LogP contribution is 2.24. The van der Waals surface area contributed by atoms with Crippen LogP contribution in [0.4, 0.5) is 0 Å². The number of aliphatic hydroxyl groups excluding tert-OH is 1. The number of para-hydroxylation sites is 1. The molecule has 0 saturated carbocycles. The maximum Gasteiger partial charge on any atom is 0.127 e. The first-order valence-corrected chi connectivity index (χ1v) is 6.84. The van der Waals surface area contributed by atoms with Crippen molar-refractivity contribution >= 4 is 22.7 Å². The van der Waals surface area contributed by atoms with Gasteiger partial charge in [0.25, 0.3) is 0 Å². The fourth-order valence-corrected chi connectivity index (χ4v) is 2.55. The van der Waals surface area contributed by atoms with Crippen LogP contribution in [0.1, 0.15) is 5.82 Å². The van der Waals surface area contributed by atoms with Gasteiger partial charge in [-0.15, -0.1) is 11.8 Å². The molecule has 1 N–H and O–H groups in total. The summed E-state index contributed by atoms with van der Waals surface area (Å²) in [5, 5.41) is 10.7. The maximum absolute atomic E-state index is 8.61. The third-order valence-electron chi connectivity index (χ3n) is 2.38. The molecule has 0 fully saturated rings. The summed E-state index contributed by atoms with van der Waals surface area (Å²) < 4.78 is 5.23. The first-order valence-electron chi connectivity index (χ1n) is 5.86. The van der Waals surface area contributed by atoms with Gasteiger partial charge >= 0.3 is 0 Å². The molecular weight excluding hydrogens is 248 g/mol. The minimum Gasteiger partial charge on any atom is -0.394 e. The van der Waals surface area contributed by atoms with Crippen LogP contribution >= 0.6 is 11.8 Å². The summed E-state index contributed by atoms with van der Waals surface area (Å²) in [6, 6.07) is 8.00. The smallest absolute Gasteiger partial charge is 0.127 e. The van der Waals surface area contributed by atoms with Gasteiger partial charge in [-0.05, 0) is 13.0 Å². The third kappa shape index (κ3) is 3.41. The summed E-state index contributed by atoms with van der Waals surface area (Å²) >= 11 is 1.66. The number of fused-ring (bicyclic) bond motifs is 1. The molecule has 0 saturated heterocycles. The Labute approximate surface area is 110 Å². The molecule has 0 unspecified atom stereocenters. The van der Waals surface area contributed by atoms with E-state index in [4.69, 9.17) is 9.84 Å². The normalized spacial score (nSPS) is 11.0. The summed E-state index contributed by atoms with van der Waals surface area (Å²) in [6.45, 7) is 2.98. The van der Waals surface area contributed by atoms with Gasteiger partial charge in [0.15, 0.2) is 0 Å². The average Bonchev–Trinajstić information content (AvgIpc) is 2.38. The Balaban J connectivity index is 2.07. The lowest BCUT2D eigenvalue weighted by Gasteiger charge is -2.06. The molecule has 2 aromatic rings. The number of hydrogen-bond donors (Lipinski definition) is 1. The predicted octanol–water partition coefficient (Wildman–Crippen LogP) is 2.04. The van der Waals surface area contributed by atoms with E-state index >= 15 is 0 Å². The zero-order chi connectivity index (χ0) is 12.8. The zero-order valence-electron chi connectivity index (χ0n) is 10.3. The molecule has 5 heteroatoms. The monoisotopic (exact) mass is 264 g/mol. The van der Waals surface area contributed by atoms with Gasteiger partial charge < -0.3 is 9.84 Å². The van der Waals surface area contributed by atoms with Gasteiger partial charge in [0, 0.05) is 11.1 Å². The number of aromatic nitrogens is 2. The van der Waals surface area contributed by atoms with E-state index in [1.165, 1.54) is 0 Å². The molecule has 0 spiro atoms. The molecule has 0 amide bonds. The molecule has 0 radical (unpaired) electrons. The van der Waals surface area contributed by atoms with E-state index in [1.54, 1.807) is 11.8 Å². The number of thioether (sulfide) groups is 1. The van der Waals surface area contributed by atoms with Crippen LogP contribution in [0.25, 0.3) is 10.9 Å². The minimum absolute atomic E-state index is 0.0697. The van der Waals surface area contributed by atoms with Crippen molar-refractivity contribution in [3.8, 4) is 0 Å². The summed E-state index contributed by atoms with van der Waals surface area (Å²) in [6.07, 6.45) is 0. The van der Waals surface area contributed by atoms with Crippen molar-refractivity contribution in [1.82, 2.24) is 9.97 Å². The Morgan fingerprint density at radius 2 is 2.06 bits per heavy atom. The van der Waals surface area contributed by atoms with Gasteiger partial charge in [0.1, 0.15) is 10.9 Å². The minimum atomic E-state index is 0.0697. The Bertz CT molecular complexity index is 519. The van der Waals surface area contributed by atoms with Crippen molar-refractivity contribution in [3.63, 3.8) is 0 Å². The van der Waals surface area contributed by atoms with Crippen LogP contribution in [-0.4, -0.2) is 40.6 Å². The van der Waals surface area contributed by atoms with Gasteiger partial charge in [-0.2, -0.15) is 0 Å². The maximum atomic E-state index is 8.61. The lowest BCUT2D eigenvalue weighted by molar-refractivity contribution is 0.103. The number of nitrogens with zero attached hydrogens (tertiary/aromatic N) is 2. The van der Waals surface area contributed by atoms with Gasteiger partial charge in [-0.3, -0.25) is 0 Å². The Morgan fingerprint density at radius 3 is 2.89 bits per heavy atom. The van der Waals surface area contributed by atoms with Gasteiger partial charge in [0.05, 0.1) is 25.3 Å². The first-order chi connectivity index (χ1) is 8.81. The molecule has 1 aromatic carbocycles. The highest BCUT2D eigenvalue weighted by molar-refractivity contribution is 7.99. The fourth-order valence-electron chi connectivity index (χ4n) is 1.63. The number of aryl methyl sites for hydroxylation is 1. The number of ether oxygens (including phenoxy) is 1.